The minimum absolute atomic E-state index is 0.134. The summed E-state index contributed by atoms with van der Waals surface area (Å²) in [5.74, 6) is 1.64. The Morgan fingerprint density at radius 1 is 1.25 bits per heavy atom. The zero-order valence-corrected chi connectivity index (χ0v) is 13.5. The van der Waals surface area contributed by atoms with Crippen molar-refractivity contribution >= 4 is 12.8 Å². The monoisotopic (exact) mass is 295 g/mol. The summed E-state index contributed by atoms with van der Waals surface area (Å²) in [5, 5.41) is 3.59. The van der Waals surface area contributed by atoms with Crippen LogP contribution in [-0.4, -0.2) is 10.9 Å². The van der Waals surface area contributed by atoms with Crippen LogP contribution in [0.5, 0.6) is 0 Å². The molecular weight excluding hydrogens is 269 g/mol. The zero-order valence-electron chi connectivity index (χ0n) is 12.6. The molecule has 0 radical (unpaired) electrons. The van der Waals surface area contributed by atoms with Gasteiger partial charge in [-0.2, -0.15) is 0 Å². The molecule has 3 nitrogen and oxygen atoms in total. The van der Waals surface area contributed by atoms with Gasteiger partial charge in [-0.3, -0.25) is 4.57 Å². The molecule has 1 aromatic carbocycles. The Balaban J connectivity index is 2.15. The van der Waals surface area contributed by atoms with E-state index in [1.54, 1.807) is 12.1 Å². The van der Waals surface area contributed by atoms with Crippen LogP contribution in [0.3, 0.4) is 0 Å². The van der Waals surface area contributed by atoms with Crippen LogP contribution in [-0.2, 0) is 4.57 Å². The Kier molecular flexibility index (Phi) is 5.06. The van der Waals surface area contributed by atoms with Gasteiger partial charge in [-0.15, -0.1) is 0 Å². The number of hydrogen-bond donors (Lipinski definition) is 2. The molecule has 0 amide bonds. The van der Waals surface area contributed by atoms with Crippen molar-refractivity contribution in [1.29, 1.82) is 0 Å². The molecule has 0 bridgehead atoms. The number of nitrogens with one attached hydrogen (secondary N) is 1. The Hall–Kier alpha value is -0.630. The number of hydrogen-bond acceptors (Lipinski definition) is 1. The van der Waals surface area contributed by atoms with Crippen LogP contribution >= 0.6 is 7.52 Å². The molecule has 0 heterocycles. The van der Waals surface area contributed by atoms with Gasteiger partial charge in [-0.1, -0.05) is 45.4 Å². The van der Waals surface area contributed by atoms with E-state index in [-0.39, 0.29) is 6.04 Å². The van der Waals surface area contributed by atoms with E-state index in [2.05, 4.69) is 25.9 Å². The Bertz CT molecular complexity index is 475. The molecule has 1 aliphatic carbocycles. The van der Waals surface area contributed by atoms with Gasteiger partial charge in [0.05, 0.1) is 5.30 Å². The third kappa shape index (κ3) is 3.72. The van der Waals surface area contributed by atoms with Crippen LogP contribution in [0.25, 0.3) is 0 Å². The summed E-state index contributed by atoms with van der Waals surface area (Å²) >= 11 is 0. The predicted molar refractivity (Wildman–Crippen MR) is 84.2 cm³/mol. The summed E-state index contributed by atoms with van der Waals surface area (Å²) in [6.45, 7) is 6.65. The smallest absolute Gasteiger partial charge is 0.297 e. The summed E-state index contributed by atoms with van der Waals surface area (Å²) < 4.78 is 12.6. The van der Waals surface area contributed by atoms with Crippen molar-refractivity contribution in [2.45, 2.75) is 46.1 Å². The first kappa shape index (κ1) is 15.8. The highest BCUT2D eigenvalue weighted by molar-refractivity contribution is 7.64. The average molecular weight is 295 g/mol. The SMILES string of the molecule is CC1CCC(C(C)C)C(NP(=O)(O)c2ccccc2)C1. The highest BCUT2D eigenvalue weighted by atomic mass is 31.2. The summed E-state index contributed by atoms with van der Waals surface area (Å²) in [4.78, 5) is 10.4. The van der Waals surface area contributed by atoms with E-state index in [0.717, 1.165) is 12.8 Å². The highest BCUT2D eigenvalue weighted by Gasteiger charge is 2.35. The van der Waals surface area contributed by atoms with Gasteiger partial charge in [0, 0.05) is 6.04 Å². The van der Waals surface area contributed by atoms with E-state index in [9.17, 15) is 9.46 Å². The van der Waals surface area contributed by atoms with Crippen LogP contribution in [0.4, 0.5) is 0 Å². The Morgan fingerprint density at radius 2 is 1.90 bits per heavy atom. The first-order valence-electron chi connectivity index (χ1n) is 7.56. The summed E-state index contributed by atoms with van der Waals surface area (Å²) in [7, 11) is -3.47. The molecule has 1 saturated carbocycles. The molecule has 20 heavy (non-hydrogen) atoms. The molecule has 2 rings (SSSR count). The molecular formula is C16H26NO2P. The van der Waals surface area contributed by atoms with Crippen molar-refractivity contribution in [3.8, 4) is 0 Å². The number of benzene rings is 1. The molecule has 1 fully saturated rings. The van der Waals surface area contributed by atoms with E-state index >= 15 is 0 Å². The standard InChI is InChI=1S/C16H26NO2P/c1-12(2)15-10-9-13(3)11-16(15)17-20(18,19)14-7-5-4-6-8-14/h4-8,12-13,15-16H,9-11H2,1-3H3,(H2,17,18,19). The minimum Gasteiger partial charge on any atom is -0.330 e. The van der Waals surface area contributed by atoms with Crippen molar-refractivity contribution in [3.63, 3.8) is 0 Å². The second-order valence-corrected chi connectivity index (χ2v) is 8.40. The number of rotatable bonds is 4. The van der Waals surface area contributed by atoms with Gasteiger partial charge in [0.1, 0.15) is 0 Å². The fourth-order valence-electron chi connectivity index (χ4n) is 3.28. The van der Waals surface area contributed by atoms with E-state index < -0.39 is 7.52 Å². The first-order chi connectivity index (χ1) is 9.40. The Morgan fingerprint density at radius 3 is 2.50 bits per heavy atom. The van der Waals surface area contributed by atoms with E-state index in [1.165, 1.54) is 6.42 Å². The molecule has 0 saturated heterocycles. The van der Waals surface area contributed by atoms with Crippen molar-refractivity contribution in [2.75, 3.05) is 0 Å². The van der Waals surface area contributed by atoms with Crippen LogP contribution in [0, 0.1) is 17.8 Å². The van der Waals surface area contributed by atoms with E-state index in [4.69, 9.17) is 0 Å². The van der Waals surface area contributed by atoms with E-state index in [0.29, 0.717) is 23.1 Å². The highest BCUT2D eigenvalue weighted by Crippen LogP contribution is 2.41. The van der Waals surface area contributed by atoms with Crippen molar-refractivity contribution < 1.29 is 9.46 Å². The van der Waals surface area contributed by atoms with Crippen LogP contribution < -0.4 is 10.4 Å². The van der Waals surface area contributed by atoms with Crippen LogP contribution in [0.1, 0.15) is 40.0 Å². The lowest BCUT2D eigenvalue weighted by Gasteiger charge is -2.38. The normalized spacial score (nSPS) is 30.1. The molecule has 112 valence electrons. The quantitative estimate of drug-likeness (QED) is 0.835. The van der Waals surface area contributed by atoms with Gasteiger partial charge in [0.25, 0.3) is 7.52 Å². The first-order valence-corrected chi connectivity index (χ1v) is 9.22. The second-order valence-electron chi connectivity index (χ2n) is 6.47. The summed E-state index contributed by atoms with van der Waals surface area (Å²) in [5.41, 5.74) is 0. The molecule has 4 atom stereocenters. The maximum Gasteiger partial charge on any atom is 0.297 e. The summed E-state index contributed by atoms with van der Waals surface area (Å²) in [6, 6.07) is 9.07. The second kappa shape index (κ2) is 6.43. The van der Waals surface area contributed by atoms with Crippen molar-refractivity contribution in [3.05, 3.63) is 30.3 Å². The maximum atomic E-state index is 12.6. The van der Waals surface area contributed by atoms with Gasteiger partial charge in [0.2, 0.25) is 0 Å². The third-order valence-corrected chi connectivity index (χ3v) is 6.15. The molecule has 2 N–H and O–H groups in total. The van der Waals surface area contributed by atoms with Crippen LogP contribution in [0.15, 0.2) is 30.3 Å². The Labute approximate surface area is 122 Å². The zero-order chi connectivity index (χ0) is 14.8. The molecule has 1 aromatic rings. The van der Waals surface area contributed by atoms with Crippen LogP contribution in [0.2, 0.25) is 0 Å². The lowest BCUT2D eigenvalue weighted by atomic mass is 9.74. The largest absolute Gasteiger partial charge is 0.330 e. The average Bonchev–Trinajstić information content (AvgIpc) is 2.39. The lowest BCUT2D eigenvalue weighted by Crippen LogP contribution is -2.42. The van der Waals surface area contributed by atoms with E-state index in [1.807, 2.05) is 18.2 Å². The topological polar surface area (TPSA) is 49.3 Å². The third-order valence-electron chi connectivity index (χ3n) is 4.47. The molecule has 0 aromatic heterocycles. The van der Waals surface area contributed by atoms with Gasteiger partial charge in [0.15, 0.2) is 0 Å². The van der Waals surface area contributed by atoms with Crippen molar-refractivity contribution in [1.82, 2.24) is 5.09 Å². The lowest BCUT2D eigenvalue weighted by molar-refractivity contribution is 0.185. The maximum absolute atomic E-state index is 12.6. The minimum atomic E-state index is -3.47. The molecule has 0 aliphatic heterocycles. The fourth-order valence-corrected chi connectivity index (χ4v) is 4.75. The summed E-state index contributed by atoms with van der Waals surface area (Å²) in [6.07, 6.45) is 3.35. The van der Waals surface area contributed by atoms with Gasteiger partial charge in [-0.05, 0) is 42.7 Å². The van der Waals surface area contributed by atoms with Crippen molar-refractivity contribution in [2.24, 2.45) is 17.8 Å². The predicted octanol–water partition coefficient (Wildman–Crippen LogP) is 3.55. The molecule has 0 spiro atoms. The fraction of sp³-hybridized carbons (Fsp3) is 0.625. The molecule has 1 aliphatic rings. The molecule has 4 heteroatoms. The van der Waals surface area contributed by atoms with Gasteiger partial charge >= 0.3 is 0 Å². The van der Waals surface area contributed by atoms with Gasteiger partial charge in [-0.25, -0.2) is 5.09 Å². The van der Waals surface area contributed by atoms with Gasteiger partial charge < -0.3 is 4.89 Å². The molecule has 4 unspecified atom stereocenters.